The lowest BCUT2D eigenvalue weighted by Gasteiger charge is -2.18. The molecule has 2 rings (SSSR count). The maximum absolute atomic E-state index is 6.10. The van der Waals surface area contributed by atoms with Gasteiger partial charge in [-0.1, -0.05) is 54.9 Å². The zero-order chi connectivity index (χ0) is 14.5. The van der Waals surface area contributed by atoms with E-state index in [2.05, 4.69) is 55.6 Å². The van der Waals surface area contributed by atoms with E-state index in [4.69, 9.17) is 11.6 Å². The van der Waals surface area contributed by atoms with Crippen LogP contribution in [-0.2, 0) is 12.8 Å². The molecule has 0 aromatic heterocycles. The Morgan fingerprint density at radius 2 is 1.70 bits per heavy atom. The standard InChI is InChI=1S/C18H22ClN/c1-4-14-5-7-15(8-6-14)12-18(20-3)16-9-10-17(19)13(2)11-16/h5-11,18,20H,4,12H2,1-3H3. The van der Waals surface area contributed by atoms with Gasteiger partial charge in [-0.25, -0.2) is 0 Å². The van der Waals surface area contributed by atoms with Crippen LogP contribution in [0.3, 0.4) is 0 Å². The van der Waals surface area contributed by atoms with Crippen LogP contribution in [0.5, 0.6) is 0 Å². The molecular weight excluding hydrogens is 266 g/mol. The molecule has 0 aliphatic rings. The summed E-state index contributed by atoms with van der Waals surface area (Å²) in [5.41, 5.74) is 5.16. The monoisotopic (exact) mass is 287 g/mol. The highest BCUT2D eigenvalue weighted by atomic mass is 35.5. The average Bonchev–Trinajstić information content (AvgIpc) is 2.48. The Morgan fingerprint density at radius 3 is 2.25 bits per heavy atom. The largest absolute Gasteiger partial charge is 0.313 e. The molecule has 1 nitrogen and oxygen atoms in total. The Labute approximate surface area is 127 Å². The summed E-state index contributed by atoms with van der Waals surface area (Å²) in [6.45, 7) is 4.23. The van der Waals surface area contributed by atoms with Crippen LogP contribution in [0.25, 0.3) is 0 Å². The van der Waals surface area contributed by atoms with Crippen molar-refractivity contribution in [3.63, 3.8) is 0 Å². The molecule has 1 unspecified atom stereocenters. The van der Waals surface area contributed by atoms with E-state index in [9.17, 15) is 0 Å². The van der Waals surface area contributed by atoms with E-state index >= 15 is 0 Å². The predicted octanol–water partition coefficient (Wildman–Crippen LogP) is 4.71. The molecule has 0 aliphatic heterocycles. The van der Waals surface area contributed by atoms with Crippen molar-refractivity contribution in [2.24, 2.45) is 0 Å². The van der Waals surface area contributed by atoms with Gasteiger partial charge in [-0.15, -0.1) is 0 Å². The molecule has 0 spiro atoms. The van der Waals surface area contributed by atoms with Crippen LogP contribution >= 0.6 is 11.6 Å². The Balaban J connectivity index is 2.16. The first-order valence-electron chi connectivity index (χ1n) is 7.15. The van der Waals surface area contributed by atoms with Gasteiger partial charge in [0.2, 0.25) is 0 Å². The van der Waals surface area contributed by atoms with E-state index in [1.165, 1.54) is 16.7 Å². The van der Waals surface area contributed by atoms with Gasteiger partial charge in [0.05, 0.1) is 0 Å². The Hall–Kier alpha value is -1.31. The van der Waals surface area contributed by atoms with Crippen LogP contribution in [0.2, 0.25) is 5.02 Å². The third-order valence-corrected chi connectivity index (χ3v) is 4.23. The number of benzene rings is 2. The quantitative estimate of drug-likeness (QED) is 0.839. The summed E-state index contributed by atoms with van der Waals surface area (Å²) in [7, 11) is 2.01. The summed E-state index contributed by atoms with van der Waals surface area (Å²) in [5.74, 6) is 0. The maximum atomic E-state index is 6.10. The average molecular weight is 288 g/mol. The summed E-state index contributed by atoms with van der Waals surface area (Å²) in [6.07, 6.45) is 2.08. The van der Waals surface area contributed by atoms with Crippen molar-refractivity contribution >= 4 is 11.6 Å². The molecule has 2 heteroatoms. The Kier molecular flexibility index (Phi) is 5.22. The molecule has 0 aliphatic carbocycles. The van der Waals surface area contributed by atoms with Crippen LogP contribution in [0.15, 0.2) is 42.5 Å². The molecule has 0 amide bonds. The number of rotatable bonds is 5. The molecule has 0 heterocycles. The van der Waals surface area contributed by atoms with Gasteiger partial charge in [0.1, 0.15) is 0 Å². The fourth-order valence-corrected chi connectivity index (χ4v) is 2.54. The zero-order valence-corrected chi connectivity index (χ0v) is 13.2. The zero-order valence-electron chi connectivity index (χ0n) is 12.4. The summed E-state index contributed by atoms with van der Waals surface area (Å²) in [5, 5.41) is 4.23. The Bertz CT molecular complexity index is 560. The minimum absolute atomic E-state index is 0.318. The second-order valence-electron chi connectivity index (χ2n) is 5.22. The summed E-state index contributed by atoms with van der Waals surface area (Å²) in [6, 6.07) is 15.5. The first-order valence-corrected chi connectivity index (χ1v) is 7.53. The molecule has 0 fully saturated rings. The summed E-state index contributed by atoms with van der Waals surface area (Å²) < 4.78 is 0. The van der Waals surface area contributed by atoms with Gasteiger partial charge in [-0.2, -0.15) is 0 Å². The minimum atomic E-state index is 0.318. The van der Waals surface area contributed by atoms with Crippen molar-refractivity contribution in [2.75, 3.05) is 7.05 Å². The second-order valence-corrected chi connectivity index (χ2v) is 5.63. The number of nitrogens with one attached hydrogen (secondary N) is 1. The van der Waals surface area contributed by atoms with Crippen molar-refractivity contribution in [3.8, 4) is 0 Å². The molecule has 2 aromatic rings. The van der Waals surface area contributed by atoms with E-state index in [0.29, 0.717) is 6.04 Å². The molecule has 0 saturated carbocycles. The van der Waals surface area contributed by atoms with E-state index < -0.39 is 0 Å². The second kappa shape index (κ2) is 6.92. The molecule has 2 aromatic carbocycles. The fraction of sp³-hybridized carbons (Fsp3) is 0.333. The highest BCUT2D eigenvalue weighted by Crippen LogP contribution is 2.23. The molecule has 0 radical (unpaired) electrons. The maximum Gasteiger partial charge on any atom is 0.0435 e. The lowest BCUT2D eigenvalue weighted by Crippen LogP contribution is -2.19. The summed E-state index contributed by atoms with van der Waals surface area (Å²) in [4.78, 5) is 0. The van der Waals surface area contributed by atoms with E-state index in [1.54, 1.807) is 0 Å². The van der Waals surface area contributed by atoms with Gasteiger partial charge in [0.15, 0.2) is 0 Å². The Morgan fingerprint density at radius 1 is 1.05 bits per heavy atom. The van der Waals surface area contributed by atoms with Crippen LogP contribution < -0.4 is 5.32 Å². The van der Waals surface area contributed by atoms with Gasteiger partial charge in [-0.3, -0.25) is 0 Å². The third-order valence-electron chi connectivity index (χ3n) is 3.80. The predicted molar refractivity (Wildman–Crippen MR) is 87.5 cm³/mol. The van der Waals surface area contributed by atoms with Crippen molar-refractivity contribution in [2.45, 2.75) is 32.7 Å². The highest BCUT2D eigenvalue weighted by molar-refractivity contribution is 6.31. The number of aryl methyl sites for hydroxylation is 2. The minimum Gasteiger partial charge on any atom is -0.313 e. The molecule has 1 N–H and O–H groups in total. The van der Waals surface area contributed by atoms with Gasteiger partial charge < -0.3 is 5.32 Å². The van der Waals surface area contributed by atoms with Gasteiger partial charge in [-0.05, 0) is 55.1 Å². The number of hydrogen-bond acceptors (Lipinski definition) is 1. The molecule has 1 atom stereocenters. The van der Waals surface area contributed by atoms with E-state index in [0.717, 1.165) is 23.4 Å². The van der Waals surface area contributed by atoms with E-state index in [-0.39, 0.29) is 0 Å². The topological polar surface area (TPSA) is 12.0 Å². The first kappa shape index (κ1) is 15.1. The van der Waals surface area contributed by atoms with Crippen LogP contribution in [0, 0.1) is 6.92 Å². The molecule has 0 saturated heterocycles. The van der Waals surface area contributed by atoms with Gasteiger partial charge in [0, 0.05) is 11.1 Å². The molecule has 106 valence electrons. The normalized spacial score (nSPS) is 12.4. The van der Waals surface area contributed by atoms with Crippen molar-refractivity contribution in [3.05, 3.63) is 69.7 Å². The highest BCUT2D eigenvalue weighted by Gasteiger charge is 2.11. The fourth-order valence-electron chi connectivity index (χ4n) is 2.42. The number of halogens is 1. The van der Waals surface area contributed by atoms with Crippen molar-refractivity contribution in [1.82, 2.24) is 5.32 Å². The molecule has 20 heavy (non-hydrogen) atoms. The first-order chi connectivity index (χ1) is 9.63. The number of hydrogen-bond donors (Lipinski definition) is 1. The van der Waals surface area contributed by atoms with E-state index in [1.807, 2.05) is 13.1 Å². The smallest absolute Gasteiger partial charge is 0.0435 e. The van der Waals surface area contributed by atoms with Crippen LogP contribution in [0.1, 0.15) is 35.2 Å². The third kappa shape index (κ3) is 3.62. The number of likely N-dealkylation sites (N-methyl/N-ethyl adjacent to an activating group) is 1. The van der Waals surface area contributed by atoms with Crippen molar-refractivity contribution in [1.29, 1.82) is 0 Å². The van der Waals surface area contributed by atoms with Crippen molar-refractivity contribution < 1.29 is 0 Å². The lowest BCUT2D eigenvalue weighted by atomic mass is 9.97. The molecular formula is C18H22ClN. The van der Waals surface area contributed by atoms with Gasteiger partial charge >= 0.3 is 0 Å². The van der Waals surface area contributed by atoms with Crippen LogP contribution in [0.4, 0.5) is 0 Å². The van der Waals surface area contributed by atoms with Gasteiger partial charge in [0.25, 0.3) is 0 Å². The lowest BCUT2D eigenvalue weighted by molar-refractivity contribution is 0.591. The summed E-state index contributed by atoms with van der Waals surface area (Å²) >= 11 is 6.10. The molecule has 0 bridgehead atoms. The SMILES string of the molecule is CCc1ccc(CC(NC)c2ccc(Cl)c(C)c2)cc1. The van der Waals surface area contributed by atoms with Crippen LogP contribution in [-0.4, -0.2) is 7.05 Å².